The lowest BCUT2D eigenvalue weighted by molar-refractivity contribution is 0.668. The Morgan fingerprint density at radius 2 is 1.23 bits per heavy atom. The SMILES string of the molecule is Cc1cc2c(cc1-c1ccccc1-c1ccccn1)c1ncccc1n2-c1ccc2oc3ccc(-n4c5c(c6ncccc64)C=C(C4=C(c6ccccn6)C=CCC4)C[C@@H]5C)cc3c2c1. The second kappa shape index (κ2) is 14.7. The summed E-state index contributed by atoms with van der Waals surface area (Å²) in [6.07, 6.45) is 17.5. The fourth-order valence-electron chi connectivity index (χ4n) is 10.7. The number of rotatable bonds is 6. The molecule has 13 rings (SSSR count). The minimum atomic E-state index is 0.252. The number of fused-ring (bicyclic) bond motifs is 9. The third-order valence-corrected chi connectivity index (χ3v) is 13.6. The molecule has 0 saturated carbocycles. The number of hydrogen-bond donors (Lipinski definition) is 0. The smallest absolute Gasteiger partial charge is 0.135 e. The Labute approximate surface area is 375 Å². The van der Waals surface area contributed by atoms with E-state index in [0.29, 0.717) is 0 Å². The van der Waals surface area contributed by atoms with Crippen LogP contribution >= 0.6 is 0 Å². The molecule has 7 aromatic heterocycles. The van der Waals surface area contributed by atoms with E-state index in [1.54, 1.807) is 0 Å². The van der Waals surface area contributed by atoms with Crippen LogP contribution in [0.5, 0.6) is 0 Å². The van der Waals surface area contributed by atoms with E-state index in [9.17, 15) is 0 Å². The van der Waals surface area contributed by atoms with Crippen molar-refractivity contribution in [2.75, 3.05) is 0 Å². The first kappa shape index (κ1) is 37.4. The molecule has 0 bridgehead atoms. The highest BCUT2D eigenvalue weighted by Crippen LogP contribution is 2.46. The van der Waals surface area contributed by atoms with Crippen LogP contribution in [-0.4, -0.2) is 29.1 Å². The highest BCUT2D eigenvalue weighted by atomic mass is 16.3. The molecule has 0 amide bonds. The van der Waals surface area contributed by atoms with Crippen molar-refractivity contribution in [1.82, 2.24) is 29.1 Å². The van der Waals surface area contributed by atoms with Gasteiger partial charge < -0.3 is 13.6 Å². The molecule has 7 heterocycles. The summed E-state index contributed by atoms with van der Waals surface area (Å²) in [6.45, 7) is 4.57. The summed E-state index contributed by atoms with van der Waals surface area (Å²) in [5, 5.41) is 3.24. The highest BCUT2D eigenvalue weighted by molar-refractivity contribution is 6.11. The summed E-state index contributed by atoms with van der Waals surface area (Å²) in [4.78, 5) is 19.5. The van der Waals surface area contributed by atoms with Gasteiger partial charge in [-0.15, -0.1) is 0 Å². The molecule has 0 fully saturated rings. The van der Waals surface area contributed by atoms with Gasteiger partial charge in [-0.2, -0.15) is 0 Å². The van der Waals surface area contributed by atoms with Crippen molar-refractivity contribution in [3.8, 4) is 33.8 Å². The van der Waals surface area contributed by atoms with E-state index in [-0.39, 0.29) is 5.92 Å². The maximum Gasteiger partial charge on any atom is 0.135 e. The maximum absolute atomic E-state index is 6.58. The Kier molecular flexibility index (Phi) is 8.46. The van der Waals surface area contributed by atoms with Crippen molar-refractivity contribution in [1.29, 1.82) is 0 Å². The first-order chi connectivity index (χ1) is 32.1. The minimum absolute atomic E-state index is 0.252. The number of allylic oxidation sites excluding steroid dienone is 5. The lowest BCUT2D eigenvalue weighted by Gasteiger charge is -2.27. The molecule has 2 aliphatic carbocycles. The van der Waals surface area contributed by atoms with E-state index in [0.717, 1.165) is 108 Å². The van der Waals surface area contributed by atoms with Gasteiger partial charge in [0.05, 0.1) is 39.0 Å². The molecule has 0 spiro atoms. The number of aryl methyl sites for hydroxylation is 1. The van der Waals surface area contributed by atoms with Crippen LogP contribution in [0.25, 0.3) is 100 Å². The summed E-state index contributed by atoms with van der Waals surface area (Å²) in [5.41, 5.74) is 22.2. The van der Waals surface area contributed by atoms with E-state index in [4.69, 9.17) is 24.4 Å². The molecule has 0 unspecified atom stereocenters. The maximum atomic E-state index is 6.58. The Morgan fingerprint density at radius 1 is 0.569 bits per heavy atom. The molecule has 0 aliphatic heterocycles. The molecular weight excluding hydrogens is 797 g/mol. The van der Waals surface area contributed by atoms with Gasteiger partial charge in [0.2, 0.25) is 0 Å². The molecule has 65 heavy (non-hydrogen) atoms. The average molecular weight is 839 g/mol. The van der Waals surface area contributed by atoms with Crippen molar-refractivity contribution >= 4 is 66.6 Å². The third-order valence-electron chi connectivity index (χ3n) is 13.6. The quantitative estimate of drug-likeness (QED) is 0.167. The Bertz CT molecular complexity index is 3830. The number of nitrogens with zero attached hydrogens (tertiary/aromatic N) is 6. The fraction of sp³-hybridized carbons (Fsp3) is 0.103. The number of pyridine rings is 4. The van der Waals surface area contributed by atoms with E-state index in [2.05, 4.69) is 150 Å². The van der Waals surface area contributed by atoms with Gasteiger partial charge in [0.1, 0.15) is 11.2 Å². The molecule has 0 N–H and O–H groups in total. The lowest BCUT2D eigenvalue weighted by atomic mass is 9.80. The van der Waals surface area contributed by atoms with Crippen LogP contribution in [-0.2, 0) is 0 Å². The van der Waals surface area contributed by atoms with Crippen molar-refractivity contribution in [2.24, 2.45) is 0 Å². The van der Waals surface area contributed by atoms with Gasteiger partial charge >= 0.3 is 0 Å². The monoisotopic (exact) mass is 838 g/mol. The van der Waals surface area contributed by atoms with Gasteiger partial charge in [-0.25, -0.2) is 0 Å². The molecule has 7 nitrogen and oxygen atoms in total. The van der Waals surface area contributed by atoms with Crippen molar-refractivity contribution in [3.63, 3.8) is 0 Å². The second-order valence-electron chi connectivity index (χ2n) is 17.4. The third kappa shape index (κ3) is 5.89. The zero-order valence-electron chi connectivity index (χ0n) is 36.0. The van der Waals surface area contributed by atoms with E-state index in [1.165, 1.54) is 39.1 Å². The van der Waals surface area contributed by atoms with Crippen LogP contribution in [0.3, 0.4) is 0 Å². The summed E-state index contributed by atoms with van der Waals surface area (Å²) >= 11 is 0. The molecular formula is C58H42N6O. The van der Waals surface area contributed by atoms with Crippen LogP contribution < -0.4 is 0 Å². The molecule has 1 atom stereocenters. The molecule has 310 valence electrons. The number of hydrogen-bond acceptors (Lipinski definition) is 5. The summed E-state index contributed by atoms with van der Waals surface area (Å²) in [7, 11) is 0. The molecule has 11 aromatic rings. The zero-order chi connectivity index (χ0) is 43.2. The number of aromatic nitrogens is 6. The Hall–Kier alpha value is -8.16. The van der Waals surface area contributed by atoms with Gasteiger partial charge in [-0.1, -0.05) is 55.5 Å². The Balaban J connectivity index is 0.959. The van der Waals surface area contributed by atoms with Crippen LogP contribution in [0.15, 0.2) is 186 Å². The first-order valence-electron chi connectivity index (χ1n) is 22.5. The standard InChI is InChI=1S/C58H42N6O/c1-35-30-53-47(34-44(35)41-14-4-6-16-43(41)50-18-8-10-26-60-50)56-51(19-11-27-61-56)63(53)38-21-23-54-45(32-38)46-33-39(22-24-55(46)65-54)64-52-20-12-28-62-57(52)48-31-37(29-36(2)58(48)64)40-13-3-5-15-42(40)49-17-7-9-25-59-49/h4-12,14-28,30-34,36H,3,13,29H2,1-2H3/t36-/m0/s1. The van der Waals surface area contributed by atoms with Crippen molar-refractivity contribution < 1.29 is 4.42 Å². The van der Waals surface area contributed by atoms with Crippen LogP contribution in [0, 0.1) is 6.92 Å². The minimum Gasteiger partial charge on any atom is -0.456 e. The van der Waals surface area contributed by atoms with Gasteiger partial charge in [0.15, 0.2) is 0 Å². The predicted molar refractivity (Wildman–Crippen MR) is 264 cm³/mol. The number of benzene rings is 4. The van der Waals surface area contributed by atoms with E-state index in [1.807, 2.05) is 49.1 Å². The van der Waals surface area contributed by atoms with Gasteiger partial charge in [0.25, 0.3) is 0 Å². The largest absolute Gasteiger partial charge is 0.456 e. The van der Waals surface area contributed by atoms with Gasteiger partial charge in [0, 0.05) is 80.6 Å². The van der Waals surface area contributed by atoms with Crippen LogP contribution in [0.2, 0.25) is 0 Å². The Morgan fingerprint density at radius 3 is 1.97 bits per heavy atom. The lowest BCUT2D eigenvalue weighted by Crippen LogP contribution is -2.12. The second-order valence-corrected chi connectivity index (χ2v) is 17.4. The zero-order valence-corrected chi connectivity index (χ0v) is 36.0. The van der Waals surface area contributed by atoms with Gasteiger partial charge in [-0.3, -0.25) is 19.9 Å². The summed E-state index contributed by atoms with van der Waals surface area (Å²) in [6, 6.07) is 47.1. The average Bonchev–Trinajstić information content (AvgIpc) is 4.01. The van der Waals surface area contributed by atoms with Crippen molar-refractivity contribution in [2.45, 2.75) is 39.0 Å². The fourth-order valence-corrected chi connectivity index (χ4v) is 10.7. The number of furan rings is 1. The summed E-state index contributed by atoms with van der Waals surface area (Å²) in [5.74, 6) is 0.252. The molecule has 2 aliphatic rings. The van der Waals surface area contributed by atoms with E-state index < -0.39 is 0 Å². The molecule has 0 radical (unpaired) electrons. The predicted octanol–water partition coefficient (Wildman–Crippen LogP) is 14.5. The van der Waals surface area contributed by atoms with E-state index >= 15 is 0 Å². The highest BCUT2D eigenvalue weighted by Gasteiger charge is 2.30. The van der Waals surface area contributed by atoms with Crippen LogP contribution in [0.1, 0.15) is 54.6 Å². The molecule has 0 saturated heterocycles. The van der Waals surface area contributed by atoms with Crippen molar-refractivity contribution in [3.05, 3.63) is 204 Å². The summed E-state index contributed by atoms with van der Waals surface area (Å²) < 4.78 is 11.4. The van der Waals surface area contributed by atoms with Gasteiger partial charge in [-0.05, 0) is 157 Å². The normalized spacial score (nSPS) is 15.2. The molecule has 7 heteroatoms. The topological polar surface area (TPSA) is 74.6 Å². The van der Waals surface area contributed by atoms with Crippen LogP contribution in [0.4, 0.5) is 0 Å². The first-order valence-corrected chi connectivity index (χ1v) is 22.5. The molecule has 4 aromatic carbocycles.